The molecule has 0 bridgehead atoms. The van der Waals surface area contributed by atoms with E-state index in [1.807, 2.05) is 13.1 Å². The van der Waals surface area contributed by atoms with Gasteiger partial charge in [-0.25, -0.2) is 4.98 Å². The van der Waals surface area contributed by atoms with Gasteiger partial charge in [0.1, 0.15) is 5.01 Å². The van der Waals surface area contributed by atoms with E-state index in [-0.39, 0.29) is 0 Å². The number of nitrogens with one attached hydrogen (secondary N) is 1. The average Bonchev–Trinajstić information content (AvgIpc) is 2.60. The molecule has 84 valence electrons. The third-order valence-electron chi connectivity index (χ3n) is 2.26. The lowest BCUT2D eigenvalue weighted by Crippen LogP contribution is -2.04. The highest BCUT2D eigenvalue weighted by molar-refractivity contribution is 9.10. The minimum Gasteiger partial charge on any atom is -0.314 e. The molecule has 4 heteroatoms. The van der Waals surface area contributed by atoms with Crippen LogP contribution >= 0.6 is 27.3 Å². The maximum atomic E-state index is 4.55. The Hall–Kier alpha value is -0.710. The summed E-state index contributed by atoms with van der Waals surface area (Å²) in [5.41, 5.74) is 2.33. The lowest BCUT2D eigenvalue weighted by atomic mass is 10.2. The number of hydrogen-bond donors (Lipinski definition) is 1. The largest absolute Gasteiger partial charge is 0.314 e. The van der Waals surface area contributed by atoms with Crippen LogP contribution in [0.2, 0.25) is 0 Å². The molecule has 0 radical (unpaired) electrons. The quantitative estimate of drug-likeness (QED) is 0.936. The van der Waals surface area contributed by atoms with E-state index in [2.05, 4.69) is 51.4 Å². The normalized spacial score (nSPS) is 10.7. The number of benzene rings is 1. The van der Waals surface area contributed by atoms with Crippen LogP contribution in [0.4, 0.5) is 0 Å². The molecule has 0 saturated heterocycles. The highest BCUT2D eigenvalue weighted by Gasteiger charge is 2.09. The molecule has 2 nitrogen and oxygen atoms in total. The molecule has 2 rings (SSSR count). The van der Waals surface area contributed by atoms with Gasteiger partial charge in [0, 0.05) is 11.0 Å². The first-order valence-electron chi connectivity index (χ1n) is 5.07. The Balaban J connectivity index is 2.40. The number of aromatic nitrogens is 1. The number of nitrogens with zero attached hydrogens (tertiary/aromatic N) is 1. The predicted molar refractivity (Wildman–Crippen MR) is 72.8 cm³/mol. The van der Waals surface area contributed by atoms with Gasteiger partial charge in [-0.15, -0.1) is 11.3 Å². The minimum atomic E-state index is 0.833. The molecule has 1 aromatic heterocycles. The van der Waals surface area contributed by atoms with Crippen LogP contribution in [0.5, 0.6) is 0 Å². The molecule has 0 atom stereocenters. The van der Waals surface area contributed by atoms with E-state index in [4.69, 9.17) is 0 Å². The maximum absolute atomic E-state index is 4.55. The zero-order chi connectivity index (χ0) is 11.5. The van der Waals surface area contributed by atoms with Crippen LogP contribution in [0, 0.1) is 6.92 Å². The molecule has 0 spiro atoms. The van der Waals surface area contributed by atoms with Crippen molar-refractivity contribution >= 4 is 27.3 Å². The van der Waals surface area contributed by atoms with Crippen LogP contribution in [-0.4, -0.2) is 12.0 Å². The summed E-state index contributed by atoms with van der Waals surface area (Å²) in [4.78, 5) is 5.80. The Labute approximate surface area is 108 Å². The molecule has 0 unspecified atom stereocenters. The molecule has 1 aromatic carbocycles. The van der Waals surface area contributed by atoms with Crippen molar-refractivity contribution < 1.29 is 0 Å². The Bertz CT molecular complexity index is 494. The SMILES string of the molecule is CNCc1nc(C)c(-c2cccc(Br)c2)s1. The van der Waals surface area contributed by atoms with E-state index >= 15 is 0 Å². The molecule has 0 aliphatic rings. The van der Waals surface area contributed by atoms with Crippen LogP contribution in [-0.2, 0) is 6.54 Å². The minimum absolute atomic E-state index is 0.833. The maximum Gasteiger partial charge on any atom is 0.107 e. The van der Waals surface area contributed by atoms with E-state index in [0.717, 1.165) is 21.7 Å². The van der Waals surface area contributed by atoms with E-state index in [1.165, 1.54) is 10.4 Å². The zero-order valence-electron chi connectivity index (χ0n) is 9.25. The van der Waals surface area contributed by atoms with Crippen LogP contribution in [0.15, 0.2) is 28.7 Å². The summed E-state index contributed by atoms with van der Waals surface area (Å²) in [6.07, 6.45) is 0. The van der Waals surface area contributed by atoms with Gasteiger partial charge >= 0.3 is 0 Å². The van der Waals surface area contributed by atoms with Gasteiger partial charge in [0.25, 0.3) is 0 Å². The summed E-state index contributed by atoms with van der Waals surface area (Å²) in [5.74, 6) is 0. The fraction of sp³-hybridized carbons (Fsp3) is 0.250. The Morgan fingerprint density at radius 1 is 1.44 bits per heavy atom. The average molecular weight is 297 g/mol. The Morgan fingerprint density at radius 3 is 2.94 bits per heavy atom. The first-order chi connectivity index (χ1) is 7.70. The van der Waals surface area contributed by atoms with E-state index in [0.29, 0.717) is 0 Å². The number of aryl methyl sites for hydroxylation is 1. The zero-order valence-corrected chi connectivity index (χ0v) is 11.7. The second kappa shape index (κ2) is 5.08. The standard InChI is InChI=1S/C12H13BrN2S/c1-8-12(16-11(15-8)7-14-2)9-4-3-5-10(13)6-9/h3-6,14H,7H2,1-2H3. The number of thiazole rings is 1. The summed E-state index contributed by atoms with van der Waals surface area (Å²) in [6.45, 7) is 2.89. The smallest absolute Gasteiger partial charge is 0.107 e. The van der Waals surface area contributed by atoms with Crippen molar-refractivity contribution in [1.82, 2.24) is 10.3 Å². The van der Waals surface area contributed by atoms with Crippen LogP contribution in [0.3, 0.4) is 0 Å². The number of hydrogen-bond acceptors (Lipinski definition) is 3. The molecule has 0 aliphatic heterocycles. The first kappa shape index (κ1) is 11.8. The van der Waals surface area contributed by atoms with Gasteiger partial charge in [-0.3, -0.25) is 0 Å². The van der Waals surface area contributed by atoms with Crippen LogP contribution < -0.4 is 5.32 Å². The summed E-state index contributed by atoms with van der Waals surface area (Å²) in [6, 6.07) is 8.34. The lowest BCUT2D eigenvalue weighted by Gasteiger charge is -1.98. The van der Waals surface area contributed by atoms with Gasteiger partial charge < -0.3 is 5.32 Å². The fourth-order valence-corrected chi connectivity index (χ4v) is 3.05. The second-order valence-corrected chi connectivity index (χ2v) is 5.56. The van der Waals surface area contributed by atoms with Crippen molar-refractivity contribution in [3.63, 3.8) is 0 Å². The number of halogens is 1. The molecule has 16 heavy (non-hydrogen) atoms. The third-order valence-corrected chi connectivity index (χ3v) is 3.96. The van der Waals surface area contributed by atoms with E-state index in [9.17, 15) is 0 Å². The summed E-state index contributed by atoms with van der Waals surface area (Å²) in [7, 11) is 1.94. The molecular weight excluding hydrogens is 284 g/mol. The van der Waals surface area contributed by atoms with E-state index < -0.39 is 0 Å². The van der Waals surface area contributed by atoms with Gasteiger partial charge in [0.15, 0.2) is 0 Å². The molecule has 0 aliphatic carbocycles. The van der Waals surface area contributed by atoms with Crippen molar-refractivity contribution in [3.05, 3.63) is 39.4 Å². The fourth-order valence-electron chi connectivity index (χ4n) is 1.58. The summed E-state index contributed by atoms with van der Waals surface area (Å²) < 4.78 is 1.10. The highest BCUT2D eigenvalue weighted by atomic mass is 79.9. The van der Waals surface area contributed by atoms with Crippen LogP contribution in [0.25, 0.3) is 10.4 Å². The summed E-state index contributed by atoms with van der Waals surface area (Å²) >= 11 is 5.24. The van der Waals surface area contributed by atoms with Gasteiger partial charge in [-0.2, -0.15) is 0 Å². The van der Waals surface area contributed by atoms with Gasteiger partial charge in [-0.05, 0) is 31.7 Å². The third kappa shape index (κ3) is 2.51. The van der Waals surface area contributed by atoms with E-state index in [1.54, 1.807) is 11.3 Å². The van der Waals surface area contributed by atoms with Gasteiger partial charge in [0.05, 0.1) is 10.6 Å². The second-order valence-electron chi connectivity index (χ2n) is 3.56. The summed E-state index contributed by atoms with van der Waals surface area (Å²) in [5, 5.41) is 4.26. The Morgan fingerprint density at radius 2 is 2.25 bits per heavy atom. The van der Waals surface area contributed by atoms with Crippen molar-refractivity contribution in [2.24, 2.45) is 0 Å². The monoisotopic (exact) mass is 296 g/mol. The highest BCUT2D eigenvalue weighted by Crippen LogP contribution is 2.31. The lowest BCUT2D eigenvalue weighted by molar-refractivity contribution is 0.807. The van der Waals surface area contributed by atoms with Gasteiger partial charge in [0.2, 0.25) is 0 Å². The Kier molecular flexibility index (Phi) is 3.74. The first-order valence-corrected chi connectivity index (χ1v) is 6.68. The molecular formula is C12H13BrN2S. The topological polar surface area (TPSA) is 24.9 Å². The van der Waals surface area contributed by atoms with Gasteiger partial charge in [-0.1, -0.05) is 28.1 Å². The molecule has 0 saturated carbocycles. The molecule has 0 amide bonds. The molecule has 0 fully saturated rings. The van der Waals surface area contributed by atoms with Crippen molar-refractivity contribution in [2.45, 2.75) is 13.5 Å². The predicted octanol–water partition coefficient (Wildman–Crippen LogP) is 3.60. The number of rotatable bonds is 3. The molecule has 1 heterocycles. The van der Waals surface area contributed by atoms with Crippen LogP contribution in [0.1, 0.15) is 10.7 Å². The molecule has 1 N–H and O–H groups in total. The van der Waals surface area contributed by atoms with Crippen molar-refractivity contribution in [3.8, 4) is 10.4 Å². The van der Waals surface area contributed by atoms with Crippen molar-refractivity contribution in [1.29, 1.82) is 0 Å². The molecule has 2 aromatic rings. The van der Waals surface area contributed by atoms with Crippen molar-refractivity contribution in [2.75, 3.05) is 7.05 Å².